The van der Waals surface area contributed by atoms with E-state index in [1.807, 2.05) is 6.92 Å². The zero-order chi connectivity index (χ0) is 10.2. The summed E-state index contributed by atoms with van der Waals surface area (Å²) >= 11 is 1.71. The van der Waals surface area contributed by atoms with Crippen LogP contribution in [0.3, 0.4) is 0 Å². The number of aromatic nitrogens is 1. The molecule has 1 aliphatic carbocycles. The first-order valence-electron chi connectivity index (χ1n) is 5.24. The first-order valence-corrected chi connectivity index (χ1v) is 6.12. The molecule has 0 aliphatic heterocycles. The molecule has 0 radical (unpaired) electrons. The molecule has 1 aromatic rings. The van der Waals surface area contributed by atoms with Gasteiger partial charge < -0.3 is 5.32 Å². The number of hydrogen-bond donors (Lipinski definition) is 1. The summed E-state index contributed by atoms with van der Waals surface area (Å²) in [5, 5.41) is 6.71. The molecule has 0 aromatic carbocycles. The van der Waals surface area contributed by atoms with Crippen molar-refractivity contribution >= 4 is 16.5 Å². The molecule has 1 unspecified atom stereocenters. The number of nitrogens with zero attached hydrogens (tertiary/aromatic N) is 1. The fourth-order valence-electron chi connectivity index (χ4n) is 2.15. The van der Waals surface area contributed by atoms with Crippen LogP contribution in [-0.2, 0) is 0 Å². The van der Waals surface area contributed by atoms with E-state index in [1.54, 1.807) is 11.3 Å². The molecule has 78 valence electrons. The Labute approximate surface area is 89.8 Å². The topological polar surface area (TPSA) is 24.9 Å². The van der Waals surface area contributed by atoms with E-state index in [4.69, 9.17) is 0 Å². The lowest BCUT2D eigenvalue weighted by Crippen LogP contribution is -2.17. The molecule has 1 saturated carbocycles. The Bertz CT molecular complexity index is 317. The highest BCUT2D eigenvalue weighted by Crippen LogP contribution is 2.38. The Balaban J connectivity index is 1.94. The lowest BCUT2D eigenvalue weighted by Gasteiger charge is -2.17. The van der Waals surface area contributed by atoms with Crippen molar-refractivity contribution in [2.24, 2.45) is 5.41 Å². The predicted molar refractivity (Wildman–Crippen MR) is 61.9 cm³/mol. The van der Waals surface area contributed by atoms with E-state index in [0.29, 0.717) is 11.5 Å². The van der Waals surface area contributed by atoms with Gasteiger partial charge in [0.1, 0.15) is 0 Å². The summed E-state index contributed by atoms with van der Waals surface area (Å²) in [5.41, 5.74) is 1.64. The van der Waals surface area contributed by atoms with E-state index >= 15 is 0 Å². The first-order chi connectivity index (χ1) is 6.55. The van der Waals surface area contributed by atoms with Crippen LogP contribution < -0.4 is 5.32 Å². The molecule has 2 nitrogen and oxygen atoms in total. The third-order valence-corrected chi connectivity index (χ3v) is 3.81. The average molecular weight is 210 g/mol. The average Bonchev–Trinajstić information content (AvgIpc) is 2.59. The van der Waals surface area contributed by atoms with Crippen LogP contribution in [0.5, 0.6) is 0 Å². The van der Waals surface area contributed by atoms with Crippen molar-refractivity contribution < 1.29 is 0 Å². The van der Waals surface area contributed by atoms with Crippen LogP contribution in [-0.4, -0.2) is 11.0 Å². The summed E-state index contributed by atoms with van der Waals surface area (Å²) in [6, 6.07) is 0.635. The Kier molecular flexibility index (Phi) is 2.52. The second-order valence-electron chi connectivity index (χ2n) is 5.04. The van der Waals surface area contributed by atoms with Crippen LogP contribution in [0.2, 0.25) is 0 Å². The highest BCUT2D eigenvalue weighted by molar-refractivity contribution is 7.13. The Morgan fingerprint density at radius 3 is 2.86 bits per heavy atom. The van der Waals surface area contributed by atoms with Gasteiger partial charge in [-0.2, -0.15) is 0 Å². The third-order valence-electron chi connectivity index (χ3n) is 2.92. The summed E-state index contributed by atoms with van der Waals surface area (Å²) in [7, 11) is 0. The van der Waals surface area contributed by atoms with Crippen molar-refractivity contribution in [3.8, 4) is 0 Å². The van der Waals surface area contributed by atoms with E-state index in [0.717, 1.165) is 10.8 Å². The van der Waals surface area contributed by atoms with Gasteiger partial charge >= 0.3 is 0 Å². The fraction of sp³-hybridized carbons (Fsp3) is 0.727. The van der Waals surface area contributed by atoms with Gasteiger partial charge in [-0.15, -0.1) is 11.3 Å². The number of anilines is 1. The van der Waals surface area contributed by atoms with Gasteiger partial charge in [-0.05, 0) is 31.6 Å². The van der Waals surface area contributed by atoms with Gasteiger partial charge in [0.2, 0.25) is 0 Å². The van der Waals surface area contributed by atoms with Crippen LogP contribution in [0.4, 0.5) is 5.13 Å². The SMILES string of the molecule is Cc1csc(NC2CCC(C)(C)C2)n1. The Hall–Kier alpha value is -0.570. The third kappa shape index (κ3) is 2.27. The molecule has 1 N–H and O–H groups in total. The number of rotatable bonds is 2. The molecule has 0 bridgehead atoms. The number of nitrogens with one attached hydrogen (secondary N) is 1. The standard InChI is InChI=1S/C11H18N2S/c1-8-7-14-10(12-8)13-9-4-5-11(2,3)6-9/h7,9H,4-6H2,1-3H3,(H,12,13). The van der Waals surface area contributed by atoms with Crippen molar-refractivity contribution in [2.75, 3.05) is 5.32 Å². The summed E-state index contributed by atoms with van der Waals surface area (Å²) in [6.07, 6.45) is 3.88. The minimum atomic E-state index is 0.518. The molecule has 1 heterocycles. The van der Waals surface area contributed by atoms with Crippen LogP contribution in [0, 0.1) is 12.3 Å². The highest BCUT2D eigenvalue weighted by Gasteiger charge is 2.30. The van der Waals surface area contributed by atoms with Crippen LogP contribution in [0.15, 0.2) is 5.38 Å². The number of hydrogen-bond acceptors (Lipinski definition) is 3. The van der Waals surface area contributed by atoms with Gasteiger partial charge in [-0.1, -0.05) is 13.8 Å². The van der Waals surface area contributed by atoms with Gasteiger partial charge in [0.15, 0.2) is 5.13 Å². The molecule has 14 heavy (non-hydrogen) atoms. The first kappa shape index (κ1) is 9.97. The lowest BCUT2D eigenvalue weighted by atomic mass is 9.92. The lowest BCUT2D eigenvalue weighted by molar-refractivity contribution is 0.378. The monoisotopic (exact) mass is 210 g/mol. The predicted octanol–water partition coefficient (Wildman–Crippen LogP) is 3.44. The van der Waals surface area contributed by atoms with Crippen LogP contribution in [0.25, 0.3) is 0 Å². The van der Waals surface area contributed by atoms with Crippen molar-refractivity contribution in [3.63, 3.8) is 0 Å². The van der Waals surface area contributed by atoms with Gasteiger partial charge in [0, 0.05) is 11.4 Å². The van der Waals surface area contributed by atoms with E-state index in [9.17, 15) is 0 Å². The van der Waals surface area contributed by atoms with E-state index < -0.39 is 0 Å². The zero-order valence-electron chi connectivity index (χ0n) is 9.13. The quantitative estimate of drug-likeness (QED) is 0.808. The largest absolute Gasteiger partial charge is 0.359 e. The molecular weight excluding hydrogens is 192 g/mol. The molecule has 1 fully saturated rings. The van der Waals surface area contributed by atoms with Crippen LogP contribution in [0.1, 0.15) is 38.8 Å². The Morgan fingerprint density at radius 1 is 1.57 bits per heavy atom. The van der Waals surface area contributed by atoms with Crippen molar-refractivity contribution in [3.05, 3.63) is 11.1 Å². The molecule has 2 rings (SSSR count). The van der Waals surface area contributed by atoms with E-state index in [1.165, 1.54) is 19.3 Å². The highest BCUT2D eigenvalue weighted by atomic mass is 32.1. The molecule has 0 saturated heterocycles. The summed E-state index contributed by atoms with van der Waals surface area (Å²) in [6.45, 7) is 6.74. The summed E-state index contributed by atoms with van der Waals surface area (Å²) in [5.74, 6) is 0. The maximum atomic E-state index is 4.43. The summed E-state index contributed by atoms with van der Waals surface area (Å²) in [4.78, 5) is 4.43. The van der Waals surface area contributed by atoms with Crippen LogP contribution >= 0.6 is 11.3 Å². The molecule has 1 aromatic heterocycles. The van der Waals surface area contributed by atoms with Crippen molar-refractivity contribution in [1.82, 2.24) is 4.98 Å². The van der Waals surface area contributed by atoms with E-state index in [-0.39, 0.29) is 0 Å². The molecule has 0 amide bonds. The van der Waals surface area contributed by atoms with Gasteiger partial charge in [0.05, 0.1) is 5.69 Å². The molecule has 1 aliphatic rings. The summed E-state index contributed by atoms with van der Waals surface area (Å²) < 4.78 is 0. The number of thiazole rings is 1. The second kappa shape index (κ2) is 3.54. The van der Waals surface area contributed by atoms with Gasteiger partial charge in [-0.3, -0.25) is 0 Å². The molecule has 1 atom stereocenters. The second-order valence-corrected chi connectivity index (χ2v) is 5.90. The Morgan fingerprint density at radius 2 is 2.36 bits per heavy atom. The van der Waals surface area contributed by atoms with Crippen molar-refractivity contribution in [2.45, 2.75) is 46.1 Å². The number of aryl methyl sites for hydroxylation is 1. The van der Waals surface area contributed by atoms with Crippen molar-refractivity contribution in [1.29, 1.82) is 0 Å². The normalized spacial score (nSPS) is 25.2. The molecule has 3 heteroatoms. The van der Waals surface area contributed by atoms with Gasteiger partial charge in [0.25, 0.3) is 0 Å². The molecular formula is C11H18N2S. The van der Waals surface area contributed by atoms with E-state index in [2.05, 4.69) is 29.5 Å². The minimum Gasteiger partial charge on any atom is -0.359 e. The smallest absolute Gasteiger partial charge is 0.183 e. The van der Waals surface area contributed by atoms with Gasteiger partial charge in [-0.25, -0.2) is 4.98 Å². The maximum Gasteiger partial charge on any atom is 0.183 e. The maximum absolute atomic E-state index is 4.43. The fourth-order valence-corrected chi connectivity index (χ4v) is 2.92. The molecule has 0 spiro atoms. The minimum absolute atomic E-state index is 0.518. The zero-order valence-corrected chi connectivity index (χ0v) is 9.95.